The molecular weight excluding hydrogens is 312 g/mol. The third-order valence-electron chi connectivity index (χ3n) is 4.06. The predicted octanol–water partition coefficient (Wildman–Crippen LogP) is -3.91. The largest absolute Gasteiger partial charge is 0.462 e. The van der Waals surface area contributed by atoms with Crippen LogP contribution in [0, 0.1) is 17.9 Å². The van der Waals surface area contributed by atoms with Crippen molar-refractivity contribution in [2.75, 3.05) is 13.2 Å². The highest BCUT2D eigenvalue weighted by atomic mass is 16.5. The standard InChI is InChI=1S/C13H18N2O8/c1-11(21,6-17)8(18)13-10(20)14-12(22,9(19)15-13)7(2-4-16)3-5-23-13/h7-8,16-18,21-22H,3,5-6H2,1H3,(H,14,20)(H,15,19)/t7?,8-,11-,12+,13-/m0/s1. The summed E-state index contributed by atoms with van der Waals surface area (Å²) in [5.41, 5.74) is -6.97. The van der Waals surface area contributed by atoms with Crippen molar-refractivity contribution in [2.24, 2.45) is 5.92 Å². The molecule has 0 spiro atoms. The van der Waals surface area contributed by atoms with Crippen LogP contribution in [0.2, 0.25) is 0 Å². The summed E-state index contributed by atoms with van der Waals surface area (Å²) in [6, 6.07) is 0. The highest BCUT2D eigenvalue weighted by molar-refractivity contribution is 6.01. The second-order valence-electron chi connectivity index (χ2n) is 5.77. The molecule has 23 heavy (non-hydrogen) atoms. The highest BCUT2D eigenvalue weighted by Crippen LogP contribution is 2.33. The lowest BCUT2D eigenvalue weighted by molar-refractivity contribution is -0.238. The van der Waals surface area contributed by atoms with Gasteiger partial charge < -0.3 is 40.9 Å². The van der Waals surface area contributed by atoms with Gasteiger partial charge in [-0.15, -0.1) is 0 Å². The number of fused-ring (bicyclic) bond motifs is 5. The second-order valence-corrected chi connectivity index (χ2v) is 5.77. The van der Waals surface area contributed by atoms with Crippen molar-refractivity contribution in [1.29, 1.82) is 0 Å². The Balaban J connectivity index is 2.46. The SMILES string of the molecule is C[C@](O)(CO)[C@H](O)[C@@]12NC(=O)[C@@](O)(NC1=O)C(C#CO)CCO2. The summed E-state index contributed by atoms with van der Waals surface area (Å²) >= 11 is 0. The molecule has 0 saturated carbocycles. The third-order valence-corrected chi connectivity index (χ3v) is 4.06. The molecule has 3 rings (SSSR count). The predicted molar refractivity (Wildman–Crippen MR) is 71.5 cm³/mol. The number of ether oxygens (including phenoxy) is 1. The van der Waals surface area contributed by atoms with Gasteiger partial charge in [-0.05, 0) is 13.3 Å². The zero-order chi connectivity index (χ0) is 17.5. The van der Waals surface area contributed by atoms with Gasteiger partial charge in [0.1, 0.15) is 17.8 Å². The number of amides is 2. The third kappa shape index (κ3) is 2.52. The normalized spacial score (nSPS) is 37.3. The molecule has 2 bridgehead atoms. The fraction of sp³-hybridized carbons (Fsp3) is 0.692. The van der Waals surface area contributed by atoms with Crippen LogP contribution in [0.25, 0.3) is 0 Å². The second kappa shape index (κ2) is 5.63. The van der Waals surface area contributed by atoms with Gasteiger partial charge in [0.05, 0.1) is 19.1 Å². The van der Waals surface area contributed by atoms with E-state index in [1.54, 1.807) is 6.11 Å². The molecule has 3 aliphatic heterocycles. The van der Waals surface area contributed by atoms with Gasteiger partial charge in [0.15, 0.2) is 0 Å². The number of carbonyl (C=O) groups is 2. The first-order valence-corrected chi connectivity index (χ1v) is 6.81. The molecule has 0 aromatic carbocycles. The molecule has 0 aliphatic carbocycles. The summed E-state index contributed by atoms with van der Waals surface area (Å²) in [5, 5.41) is 52.6. The van der Waals surface area contributed by atoms with Crippen LogP contribution in [-0.4, -0.2) is 73.7 Å². The van der Waals surface area contributed by atoms with Crippen LogP contribution in [0.5, 0.6) is 0 Å². The zero-order valence-corrected chi connectivity index (χ0v) is 12.2. The summed E-state index contributed by atoms with van der Waals surface area (Å²) in [6.45, 7) is -0.0892. The Bertz CT molecular complexity index is 582. The number of nitrogens with one attached hydrogen (secondary N) is 2. The van der Waals surface area contributed by atoms with Crippen molar-refractivity contribution in [3.63, 3.8) is 0 Å². The van der Waals surface area contributed by atoms with E-state index in [0.29, 0.717) is 0 Å². The van der Waals surface area contributed by atoms with Crippen LogP contribution in [0.4, 0.5) is 0 Å². The van der Waals surface area contributed by atoms with Crippen LogP contribution < -0.4 is 10.6 Å². The minimum absolute atomic E-state index is 0.0481. The molecule has 3 heterocycles. The first-order valence-electron chi connectivity index (χ1n) is 6.81. The van der Waals surface area contributed by atoms with E-state index in [0.717, 1.165) is 6.92 Å². The minimum Gasteiger partial charge on any atom is -0.462 e. The van der Waals surface area contributed by atoms with Gasteiger partial charge in [0.2, 0.25) is 5.72 Å². The Labute approximate surface area is 131 Å². The highest BCUT2D eigenvalue weighted by Gasteiger charge is 2.64. The van der Waals surface area contributed by atoms with Crippen LogP contribution in [-0.2, 0) is 14.3 Å². The van der Waals surface area contributed by atoms with Crippen molar-refractivity contribution in [3.8, 4) is 12.0 Å². The molecule has 0 aromatic heterocycles. The molecule has 3 aliphatic rings. The number of rotatable bonds is 3. The molecule has 10 nitrogen and oxygen atoms in total. The van der Waals surface area contributed by atoms with E-state index in [1.165, 1.54) is 0 Å². The van der Waals surface area contributed by atoms with Gasteiger partial charge in [-0.1, -0.05) is 5.92 Å². The van der Waals surface area contributed by atoms with E-state index < -0.39 is 47.5 Å². The molecule has 3 fully saturated rings. The monoisotopic (exact) mass is 330 g/mol. The fourth-order valence-corrected chi connectivity index (χ4v) is 2.59. The van der Waals surface area contributed by atoms with Crippen molar-refractivity contribution < 1.29 is 39.9 Å². The van der Waals surface area contributed by atoms with Gasteiger partial charge in [-0.25, -0.2) is 0 Å². The first-order chi connectivity index (χ1) is 10.6. The zero-order valence-electron chi connectivity index (χ0n) is 12.2. The lowest BCUT2D eigenvalue weighted by atomic mass is 9.83. The maximum atomic E-state index is 12.4. The van der Waals surface area contributed by atoms with E-state index in [4.69, 9.17) is 14.9 Å². The molecule has 128 valence electrons. The Morgan fingerprint density at radius 3 is 2.65 bits per heavy atom. The number of carbonyl (C=O) groups excluding carboxylic acids is 2. The minimum atomic E-state index is -2.43. The topological polar surface area (TPSA) is 169 Å². The molecule has 2 amide bonds. The lowest BCUT2D eigenvalue weighted by Gasteiger charge is -2.50. The van der Waals surface area contributed by atoms with Crippen LogP contribution in [0.15, 0.2) is 0 Å². The molecule has 7 N–H and O–H groups in total. The quantitative estimate of drug-likeness (QED) is 0.258. The maximum Gasteiger partial charge on any atom is 0.279 e. The Hall–Kier alpha value is -1.90. The van der Waals surface area contributed by atoms with Gasteiger partial charge in [-0.3, -0.25) is 9.59 Å². The number of hydrogen-bond donors (Lipinski definition) is 7. The molecule has 1 unspecified atom stereocenters. The molecule has 3 saturated heterocycles. The van der Waals surface area contributed by atoms with Gasteiger partial charge in [0, 0.05) is 0 Å². The average molecular weight is 330 g/mol. The van der Waals surface area contributed by atoms with Crippen molar-refractivity contribution in [2.45, 2.75) is 36.5 Å². The Kier molecular flexibility index (Phi) is 4.27. The Morgan fingerprint density at radius 1 is 1.43 bits per heavy atom. The molecule has 0 radical (unpaired) electrons. The van der Waals surface area contributed by atoms with Crippen molar-refractivity contribution >= 4 is 11.8 Å². The lowest BCUT2D eigenvalue weighted by Crippen LogP contribution is -2.83. The van der Waals surface area contributed by atoms with Crippen molar-refractivity contribution in [1.82, 2.24) is 10.6 Å². The number of aliphatic hydroxyl groups excluding tert-OH is 3. The number of aliphatic hydroxyl groups is 5. The maximum absolute atomic E-state index is 12.4. The van der Waals surface area contributed by atoms with Gasteiger partial charge in [0.25, 0.3) is 17.5 Å². The van der Waals surface area contributed by atoms with Gasteiger partial charge >= 0.3 is 0 Å². The van der Waals surface area contributed by atoms with Gasteiger partial charge in [-0.2, -0.15) is 0 Å². The van der Waals surface area contributed by atoms with E-state index in [-0.39, 0.29) is 13.0 Å². The average Bonchev–Trinajstić information content (AvgIpc) is 2.49. The smallest absolute Gasteiger partial charge is 0.279 e. The summed E-state index contributed by atoms with van der Waals surface area (Å²) in [6.07, 6.45) is -0.493. The summed E-state index contributed by atoms with van der Waals surface area (Å²) in [5.74, 6) is -1.19. The summed E-state index contributed by atoms with van der Waals surface area (Å²) in [4.78, 5) is 24.6. The molecular formula is C13H18N2O8. The molecule has 5 atom stereocenters. The molecule has 10 heteroatoms. The molecule has 0 aromatic rings. The van der Waals surface area contributed by atoms with Crippen LogP contribution >= 0.6 is 0 Å². The van der Waals surface area contributed by atoms with E-state index in [1.807, 2.05) is 5.32 Å². The first kappa shape index (κ1) is 17.5. The fourth-order valence-electron chi connectivity index (χ4n) is 2.59. The van der Waals surface area contributed by atoms with Crippen LogP contribution in [0.3, 0.4) is 0 Å². The number of piperazine rings is 1. The summed E-state index contributed by atoms with van der Waals surface area (Å²) in [7, 11) is 0. The van der Waals surface area contributed by atoms with E-state index in [9.17, 15) is 24.9 Å². The Morgan fingerprint density at radius 2 is 2.09 bits per heavy atom. The number of hydrogen-bond acceptors (Lipinski definition) is 8. The summed E-state index contributed by atoms with van der Waals surface area (Å²) < 4.78 is 5.29. The van der Waals surface area contributed by atoms with E-state index >= 15 is 0 Å². The van der Waals surface area contributed by atoms with E-state index in [2.05, 4.69) is 11.2 Å². The van der Waals surface area contributed by atoms with Crippen LogP contribution in [0.1, 0.15) is 13.3 Å². The van der Waals surface area contributed by atoms with Crippen molar-refractivity contribution in [3.05, 3.63) is 0 Å².